The van der Waals surface area contributed by atoms with Gasteiger partial charge in [-0.05, 0) is 30.7 Å². The molecular formula is C22H24FN5O4. The Balaban J connectivity index is 1.73. The molecule has 1 amide bonds. The summed E-state index contributed by atoms with van der Waals surface area (Å²) in [5.74, 6) is -0.842. The van der Waals surface area contributed by atoms with Crippen molar-refractivity contribution in [3.8, 4) is 17.7 Å². The third-order valence-corrected chi connectivity index (χ3v) is 5.97. The Kier molecular flexibility index (Phi) is 6.08. The van der Waals surface area contributed by atoms with E-state index < -0.39 is 23.6 Å². The number of carbonyl (C=O) groups excluding carboxylic acids is 1. The molecule has 2 fully saturated rings. The van der Waals surface area contributed by atoms with E-state index in [0.29, 0.717) is 24.3 Å². The molecule has 4 atom stereocenters. The Hall–Kier alpha value is -3.10. The number of methoxy groups -OCH3 is 1. The molecule has 1 aromatic carbocycles. The first-order chi connectivity index (χ1) is 15.4. The van der Waals surface area contributed by atoms with Gasteiger partial charge in [0.1, 0.15) is 17.9 Å². The zero-order valence-corrected chi connectivity index (χ0v) is 17.7. The fraction of sp³-hybridized carbons (Fsp3) is 0.409. The van der Waals surface area contributed by atoms with E-state index >= 15 is 4.39 Å². The molecule has 9 nitrogen and oxygen atoms in total. The molecule has 2 aliphatic rings. The van der Waals surface area contributed by atoms with Crippen molar-refractivity contribution in [2.75, 3.05) is 27.4 Å². The molecule has 0 aliphatic carbocycles. The first-order valence-corrected chi connectivity index (χ1v) is 10.1. The van der Waals surface area contributed by atoms with Gasteiger partial charge in [0.2, 0.25) is 11.8 Å². The number of nitrogens with two attached hydrogens (primary N) is 1. The summed E-state index contributed by atoms with van der Waals surface area (Å²) in [4.78, 5) is 18.7. The van der Waals surface area contributed by atoms with Crippen LogP contribution in [0.15, 0.2) is 36.5 Å². The molecule has 10 heteroatoms. The standard InChI is InChI=1S/C22H24FN5O4/c1-28-20(29)17-9-15(11-30-2)31-12-22(17,27-21(28)25)16-8-14(3-4-18(16)23)32-19-7-13(10-24)5-6-26-19/h3-8,15,17,21,27H,9,11-12,25H2,1-2H3/t15-,17+,21?,22-/m1/s1. The number of carbonyl (C=O) groups is 1. The summed E-state index contributed by atoms with van der Waals surface area (Å²) in [6.07, 6.45) is 0.674. The highest BCUT2D eigenvalue weighted by Gasteiger charge is 2.55. The van der Waals surface area contributed by atoms with Crippen LogP contribution < -0.4 is 15.8 Å². The largest absolute Gasteiger partial charge is 0.439 e. The van der Waals surface area contributed by atoms with Gasteiger partial charge in [-0.2, -0.15) is 5.26 Å². The second-order valence-electron chi connectivity index (χ2n) is 7.92. The van der Waals surface area contributed by atoms with Gasteiger partial charge in [-0.3, -0.25) is 15.8 Å². The van der Waals surface area contributed by atoms with Crippen LogP contribution in [0.25, 0.3) is 0 Å². The third kappa shape index (κ3) is 3.91. The van der Waals surface area contributed by atoms with Gasteiger partial charge >= 0.3 is 0 Å². The highest BCUT2D eigenvalue weighted by Crippen LogP contribution is 2.43. The minimum atomic E-state index is -1.18. The molecule has 168 valence electrons. The molecule has 2 saturated heterocycles. The van der Waals surface area contributed by atoms with Crippen LogP contribution in [0.4, 0.5) is 4.39 Å². The first kappa shape index (κ1) is 22.1. The summed E-state index contributed by atoms with van der Waals surface area (Å²) in [5, 5.41) is 12.3. The molecule has 3 heterocycles. The maximum Gasteiger partial charge on any atom is 0.230 e. The number of amides is 1. The number of rotatable bonds is 5. The van der Waals surface area contributed by atoms with Crippen molar-refractivity contribution < 1.29 is 23.4 Å². The summed E-state index contributed by atoms with van der Waals surface area (Å²) < 4.78 is 32.1. The number of halogens is 1. The van der Waals surface area contributed by atoms with Gasteiger partial charge < -0.3 is 19.1 Å². The average molecular weight is 441 g/mol. The Labute approximate surface area is 184 Å². The Morgan fingerprint density at radius 1 is 1.44 bits per heavy atom. The van der Waals surface area contributed by atoms with Gasteiger partial charge in [-0.25, -0.2) is 9.37 Å². The maximum atomic E-state index is 15.2. The van der Waals surface area contributed by atoms with Crippen molar-refractivity contribution in [3.05, 3.63) is 53.5 Å². The van der Waals surface area contributed by atoms with E-state index in [-0.39, 0.29) is 30.1 Å². The van der Waals surface area contributed by atoms with Crippen LogP contribution in [-0.4, -0.2) is 55.6 Å². The number of benzene rings is 1. The predicted molar refractivity (Wildman–Crippen MR) is 111 cm³/mol. The van der Waals surface area contributed by atoms with Gasteiger partial charge in [-0.1, -0.05) is 0 Å². The molecule has 0 bridgehead atoms. The fourth-order valence-corrected chi connectivity index (χ4v) is 4.29. The van der Waals surface area contributed by atoms with Crippen molar-refractivity contribution in [3.63, 3.8) is 0 Å². The molecule has 1 aromatic heterocycles. The molecule has 0 saturated carbocycles. The first-order valence-electron chi connectivity index (χ1n) is 10.1. The van der Waals surface area contributed by atoms with E-state index in [0.717, 1.165) is 0 Å². The van der Waals surface area contributed by atoms with Gasteiger partial charge in [0.25, 0.3) is 0 Å². The molecule has 1 unspecified atom stereocenters. The van der Waals surface area contributed by atoms with E-state index in [1.165, 1.54) is 35.4 Å². The van der Waals surface area contributed by atoms with Crippen molar-refractivity contribution >= 4 is 5.91 Å². The lowest BCUT2D eigenvalue weighted by molar-refractivity contribution is -0.169. The van der Waals surface area contributed by atoms with Crippen LogP contribution in [0.3, 0.4) is 0 Å². The number of fused-ring (bicyclic) bond motifs is 1. The minimum absolute atomic E-state index is 0.0293. The molecule has 0 radical (unpaired) electrons. The van der Waals surface area contributed by atoms with E-state index in [2.05, 4.69) is 10.3 Å². The van der Waals surface area contributed by atoms with E-state index in [1.807, 2.05) is 6.07 Å². The Bertz CT molecular complexity index is 1060. The number of ether oxygens (including phenoxy) is 3. The molecule has 2 aromatic rings. The Morgan fingerprint density at radius 2 is 2.25 bits per heavy atom. The van der Waals surface area contributed by atoms with E-state index in [4.69, 9.17) is 25.2 Å². The number of nitrogens with zero attached hydrogens (tertiary/aromatic N) is 3. The zero-order valence-electron chi connectivity index (χ0n) is 17.7. The molecule has 4 rings (SSSR count). The second kappa shape index (κ2) is 8.80. The van der Waals surface area contributed by atoms with E-state index in [1.54, 1.807) is 20.2 Å². The summed E-state index contributed by atoms with van der Waals surface area (Å²) in [6, 6.07) is 9.29. The molecule has 32 heavy (non-hydrogen) atoms. The summed E-state index contributed by atoms with van der Waals surface area (Å²) in [7, 11) is 3.17. The monoisotopic (exact) mass is 441 g/mol. The zero-order chi connectivity index (χ0) is 22.9. The summed E-state index contributed by atoms with van der Waals surface area (Å²) in [6.45, 7) is 0.351. The number of nitrogens with one attached hydrogen (secondary N) is 1. The lowest BCUT2D eigenvalue weighted by Crippen LogP contribution is -2.73. The summed E-state index contributed by atoms with van der Waals surface area (Å²) in [5.41, 5.74) is 5.57. The van der Waals surface area contributed by atoms with Crippen LogP contribution in [0.2, 0.25) is 0 Å². The topological polar surface area (TPSA) is 123 Å². The van der Waals surface area contributed by atoms with Crippen LogP contribution >= 0.6 is 0 Å². The third-order valence-electron chi connectivity index (χ3n) is 5.97. The van der Waals surface area contributed by atoms with Crippen LogP contribution in [-0.2, 0) is 19.8 Å². The maximum absolute atomic E-state index is 15.2. The van der Waals surface area contributed by atoms with Gasteiger partial charge in [-0.15, -0.1) is 0 Å². The highest BCUT2D eigenvalue weighted by atomic mass is 19.1. The minimum Gasteiger partial charge on any atom is -0.439 e. The smallest absolute Gasteiger partial charge is 0.230 e. The van der Waals surface area contributed by atoms with Crippen molar-refractivity contribution in [2.45, 2.75) is 24.4 Å². The van der Waals surface area contributed by atoms with Gasteiger partial charge in [0.15, 0.2) is 0 Å². The Morgan fingerprint density at radius 3 is 3.00 bits per heavy atom. The number of hydrogen-bond acceptors (Lipinski definition) is 8. The van der Waals surface area contributed by atoms with Gasteiger partial charge in [0.05, 0.1) is 42.4 Å². The quantitative estimate of drug-likeness (QED) is 0.715. The molecule has 2 aliphatic heterocycles. The second-order valence-corrected chi connectivity index (χ2v) is 7.92. The van der Waals surface area contributed by atoms with E-state index in [9.17, 15) is 4.79 Å². The molecule has 3 N–H and O–H groups in total. The molecule has 0 spiro atoms. The highest BCUT2D eigenvalue weighted by molar-refractivity contribution is 5.82. The number of aromatic nitrogens is 1. The van der Waals surface area contributed by atoms with Crippen LogP contribution in [0, 0.1) is 23.1 Å². The average Bonchev–Trinajstić information content (AvgIpc) is 2.80. The fourth-order valence-electron chi connectivity index (χ4n) is 4.29. The van der Waals surface area contributed by atoms with Crippen LogP contribution in [0.1, 0.15) is 17.5 Å². The number of pyridine rings is 1. The molecular weight excluding hydrogens is 417 g/mol. The lowest BCUT2D eigenvalue weighted by atomic mass is 9.71. The summed E-state index contributed by atoms with van der Waals surface area (Å²) >= 11 is 0. The number of hydrogen-bond donors (Lipinski definition) is 2. The normalized spacial score (nSPS) is 27.5. The lowest BCUT2D eigenvalue weighted by Gasteiger charge is -2.53. The van der Waals surface area contributed by atoms with Crippen molar-refractivity contribution in [2.24, 2.45) is 11.7 Å². The number of nitriles is 1. The van der Waals surface area contributed by atoms with Crippen molar-refractivity contribution in [1.82, 2.24) is 15.2 Å². The van der Waals surface area contributed by atoms with Crippen molar-refractivity contribution in [1.29, 1.82) is 5.26 Å². The SMILES string of the molecule is COC[C@H]1C[C@H]2C(=O)N(C)C(N)N[C@@]2(c2cc(Oc3cc(C#N)ccn3)ccc2F)CO1. The van der Waals surface area contributed by atoms with Gasteiger partial charge in [0, 0.05) is 32.0 Å². The van der Waals surface area contributed by atoms with Crippen LogP contribution in [0.5, 0.6) is 11.6 Å². The predicted octanol–water partition coefficient (Wildman–Crippen LogP) is 1.44.